The lowest BCUT2D eigenvalue weighted by Crippen LogP contribution is -2.53. The van der Waals surface area contributed by atoms with Crippen molar-refractivity contribution < 1.29 is 46.5 Å². The molecule has 3 unspecified atom stereocenters. The molecular formula is C26H24F4N2O6. The number of hydrogen-bond acceptors (Lipinski definition) is 5. The molecule has 0 spiro atoms. The minimum absolute atomic E-state index is 0.124. The van der Waals surface area contributed by atoms with E-state index in [4.69, 9.17) is 9.84 Å². The van der Waals surface area contributed by atoms with E-state index in [-0.39, 0.29) is 23.6 Å². The molecule has 3 aliphatic rings. The van der Waals surface area contributed by atoms with Crippen molar-refractivity contribution in [3.63, 3.8) is 0 Å². The zero-order valence-corrected chi connectivity index (χ0v) is 20.0. The first-order valence-electron chi connectivity index (χ1n) is 12.2. The van der Waals surface area contributed by atoms with Crippen molar-refractivity contribution >= 4 is 23.7 Å². The number of hydrogen-bond donors (Lipinski definition) is 1. The summed E-state index contributed by atoms with van der Waals surface area (Å²) in [7, 11) is 0. The van der Waals surface area contributed by atoms with Gasteiger partial charge in [-0.15, -0.1) is 13.2 Å². The largest absolute Gasteiger partial charge is 0.573 e. The highest BCUT2D eigenvalue weighted by Gasteiger charge is 2.52. The van der Waals surface area contributed by atoms with Crippen LogP contribution in [0.2, 0.25) is 0 Å². The monoisotopic (exact) mass is 536 g/mol. The molecule has 0 bridgehead atoms. The minimum atomic E-state index is -4.87. The van der Waals surface area contributed by atoms with Gasteiger partial charge in [-0.2, -0.15) is 0 Å². The number of aliphatic carboxylic acids is 1. The molecule has 3 atom stereocenters. The van der Waals surface area contributed by atoms with E-state index in [1.54, 1.807) is 0 Å². The number of carboxylic acid groups (broad SMARTS) is 1. The number of carbonyl (C=O) groups excluding carboxylic acids is 2. The number of alkyl halides is 3. The highest BCUT2D eigenvalue weighted by Crippen LogP contribution is 2.53. The van der Waals surface area contributed by atoms with Crippen molar-refractivity contribution in [3.8, 4) is 5.75 Å². The Hall–Kier alpha value is -3.83. The minimum Gasteiger partial charge on any atom is -0.479 e. The quantitative estimate of drug-likeness (QED) is 0.505. The van der Waals surface area contributed by atoms with Crippen molar-refractivity contribution in [2.75, 3.05) is 11.5 Å². The van der Waals surface area contributed by atoms with E-state index in [1.807, 2.05) is 0 Å². The first-order valence-corrected chi connectivity index (χ1v) is 12.2. The number of ether oxygens (including phenoxy) is 2. The van der Waals surface area contributed by atoms with Crippen LogP contribution in [-0.4, -0.2) is 53.0 Å². The second kappa shape index (κ2) is 9.80. The highest BCUT2D eigenvalue weighted by atomic mass is 19.4. The Morgan fingerprint density at radius 1 is 1.03 bits per heavy atom. The number of halogens is 4. The molecule has 1 aliphatic heterocycles. The molecule has 38 heavy (non-hydrogen) atoms. The van der Waals surface area contributed by atoms with Crippen LogP contribution in [0.4, 0.5) is 28.0 Å². The normalized spacial score (nSPS) is 22.3. The van der Waals surface area contributed by atoms with Crippen LogP contribution < -0.4 is 9.64 Å². The maximum absolute atomic E-state index is 14.6. The van der Waals surface area contributed by atoms with Gasteiger partial charge in [-0.1, -0.05) is 6.42 Å². The summed E-state index contributed by atoms with van der Waals surface area (Å²) in [5.74, 6) is -3.08. The van der Waals surface area contributed by atoms with Crippen LogP contribution in [0.1, 0.15) is 54.1 Å². The first kappa shape index (κ1) is 25.8. The van der Waals surface area contributed by atoms with Gasteiger partial charge in [-0.05, 0) is 68.1 Å². The number of nitrogens with zero attached hydrogens (tertiary/aromatic N) is 2. The van der Waals surface area contributed by atoms with Crippen LogP contribution in [-0.2, 0) is 9.53 Å². The summed E-state index contributed by atoms with van der Waals surface area (Å²) in [6.07, 6.45) is -2.34. The number of carbonyl (C=O) groups is 3. The number of carboxylic acids is 1. The fourth-order valence-corrected chi connectivity index (χ4v) is 5.64. The molecule has 1 N–H and O–H groups in total. The zero-order chi connectivity index (χ0) is 27.2. The summed E-state index contributed by atoms with van der Waals surface area (Å²) in [4.78, 5) is 40.8. The van der Waals surface area contributed by atoms with Gasteiger partial charge in [-0.25, -0.2) is 14.0 Å². The highest BCUT2D eigenvalue weighted by molar-refractivity contribution is 6.07. The summed E-state index contributed by atoms with van der Waals surface area (Å²) in [5, 5.41) is 8.98. The molecule has 1 heterocycles. The Morgan fingerprint density at radius 3 is 2.37 bits per heavy atom. The van der Waals surface area contributed by atoms with Crippen molar-refractivity contribution in [1.82, 2.24) is 4.90 Å². The summed E-state index contributed by atoms with van der Waals surface area (Å²) in [6, 6.07) is 7.33. The van der Waals surface area contributed by atoms with Gasteiger partial charge in [0.2, 0.25) is 0 Å². The molecule has 2 aliphatic carbocycles. The number of amides is 2. The first-order chi connectivity index (χ1) is 18.0. The average molecular weight is 536 g/mol. The summed E-state index contributed by atoms with van der Waals surface area (Å²) in [5.41, 5.74) is 0.911. The molecular weight excluding hydrogens is 512 g/mol. The predicted octanol–water partition coefficient (Wildman–Crippen LogP) is 5.28. The van der Waals surface area contributed by atoms with Gasteiger partial charge in [0.05, 0.1) is 6.04 Å². The maximum Gasteiger partial charge on any atom is 0.573 e. The predicted molar refractivity (Wildman–Crippen MR) is 124 cm³/mol. The Labute approximate surface area is 214 Å². The van der Waals surface area contributed by atoms with Crippen LogP contribution in [0.25, 0.3) is 0 Å². The average Bonchev–Trinajstić information content (AvgIpc) is 3.57. The van der Waals surface area contributed by atoms with Gasteiger partial charge >= 0.3 is 18.4 Å². The van der Waals surface area contributed by atoms with E-state index >= 15 is 0 Å². The lowest BCUT2D eigenvalue weighted by Gasteiger charge is -2.47. The third kappa shape index (κ3) is 5.11. The molecule has 12 heteroatoms. The van der Waals surface area contributed by atoms with E-state index in [9.17, 15) is 31.9 Å². The molecule has 5 rings (SSSR count). The topological polar surface area (TPSA) is 96.4 Å². The molecule has 2 amide bonds. The van der Waals surface area contributed by atoms with Gasteiger partial charge in [0.15, 0.2) is 6.61 Å². The summed E-state index contributed by atoms with van der Waals surface area (Å²) in [6.45, 7) is -0.808. The molecule has 0 saturated heterocycles. The third-order valence-electron chi connectivity index (χ3n) is 7.16. The van der Waals surface area contributed by atoms with E-state index in [2.05, 4.69) is 4.74 Å². The van der Waals surface area contributed by atoms with Crippen molar-refractivity contribution in [3.05, 3.63) is 59.4 Å². The van der Waals surface area contributed by atoms with E-state index < -0.39 is 48.5 Å². The van der Waals surface area contributed by atoms with E-state index in [0.717, 1.165) is 18.6 Å². The van der Waals surface area contributed by atoms with Gasteiger partial charge in [0.25, 0.3) is 5.91 Å². The molecule has 0 aromatic heterocycles. The number of rotatable bonds is 6. The molecule has 8 nitrogen and oxygen atoms in total. The molecule has 2 aromatic carbocycles. The zero-order valence-electron chi connectivity index (χ0n) is 20.0. The Kier molecular flexibility index (Phi) is 6.66. The summed E-state index contributed by atoms with van der Waals surface area (Å²) >= 11 is 0. The number of benzene rings is 2. The van der Waals surface area contributed by atoms with Gasteiger partial charge in [0, 0.05) is 34.8 Å². The smallest absolute Gasteiger partial charge is 0.479 e. The second-order valence-electron chi connectivity index (χ2n) is 9.64. The van der Waals surface area contributed by atoms with Gasteiger partial charge in [0.1, 0.15) is 11.6 Å². The van der Waals surface area contributed by atoms with Crippen molar-refractivity contribution in [1.29, 1.82) is 0 Å². The third-order valence-corrected chi connectivity index (χ3v) is 7.16. The molecule has 2 aromatic rings. The van der Waals surface area contributed by atoms with Gasteiger partial charge < -0.3 is 19.5 Å². The molecule has 2 saturated carbocycles. The number of anilines is 1. The second-order valence-corrected chi connectivity index (χ2v) is 9.64. The lowest BCUT2D eigenvalue weighted by molar-refractivity contribution is -0.274. The van der Waals surface area contributed by atoms with Crippen molar-refractivity contribution in [2.24, 2.45) is 5.92 Å². The van der Waals surface area contributed by atoms with E-state index in [0.29, 0.717) is 36.9 Å². The Bertz CT molecular complexity index is 1250. The Morgan fingerprint density at radius 2 is 1.74 bits per heavy atom. The fraction of sp³-hybridized carbons (Fsp3) is 0.423. The summed E-state index contributed by atoms with van der Waals surface area (Å²) < 4.78 is 61.1. The van der Waals surface area contributed by atoms with Crippen LogP contribution in [0.15, 0.2) is 42.5 Å². The molecule has 202 valence electrons. The van der Waals surface area contributed by atoms with Crippen LogP contribution in [0.5, 0.6) is 5.75 Å². The van der Waals surface area contributed by atoms with Crippen LogP contribution in [0.3, 0.4) is 0 Å². The van der Waals surface area contributed by atoms with Crippen LogP contribution in [0, 0.1) is 11.7 Å². The Balaban J connectivity index is 1.52. The molecule has 2 fully saturated rings. The lowest BCUT2D eigenvalue weighted by atomic mass is 9.81. The maximum atomic E-state index is 14.6. The van der Waals surface area contributed by atoms with Crippen molar-refractivity contribution in [2.45, 2.75) is 56.6 Å². The van der Waals surface area contributed by atoms with E-state index in [1.165, 1.54) is 40.1 Å². The van der Waals surface area contributed by atoms with Gasteiger partial charge in [-0.3, -0.25) is 9.69 Å². The molecule has 0 radical (unpaired) electrons. The SMILES string of the molecule is O=C(O)COC(=O)N(C1CC1)C1c2cc(F)ccc2N(C(=O)c2ccc(OC(F)(F)F)cc2)C2CCCC21. The fourth-order valence-electron chi connectivity index (χ4n) is 5.64. The van der Waals surface area contributed by atoms with Crippen LogP contribution >= 0.6 is 0 Å². The standard InChI is InChI=1S/C26H24F4N2O6/c27-15-6-11-21-19(12-15)23(31(16-7-8-16)25(36)37-13-22(33)34)18-2-1-3-20(18)32(21)24(35)14-4-9-17(10-5-14)38-26(28,29)30/h4-6,9-12,16,18,20,23H,1-3,7-8,13H2,(H,33,34). The number of fused-ring (bicyclic) bond motifs is 2.